The quantitative estimate of drug-likeness (QED) is 0.189. The summed E-state index contributed by atoms with van der Waals surface area (Å²) in [5, 5.41) is 24.3. The van der Waals surface area contributed by atoms with Crippen molar-refractivity contribution in [3.05, 3.63) is 0 Å². The number of nitrogens with two attached hydrogens (primary N) is 1. The van der Waals surface area contributed by atoms with Crippen molar-refractivity contribution in [3.8, 4) is 0 Å². The lowest BCUT2D eigenvalue weighted by molar-refractivity contribution is -0.142. The van der Waals surface area contributed by atoms with Crippen molar-refractivity contribution < 1.29 is 34.2 Å². The average molecular weight is 378 g/mol. The maximum atomic E-state index is 12.1. The van der Waals surface area contributed by atoms with Gasteiger partial charge in [-0.15, -0.1) is 0 Å². The molecule has 0 aromatic heterocycles. The molecule has 0 aromatic rings. The van der Waals surface area contributed by atoms with E-state index in [1.165, 1.54) is 6.92 Å². The van der Waals surface area contributed by atoms with Crippen LogP contribution < -0.4 is 21.7 Å². The summed E-state index contributed by atoms with van der Waals surface area (Å²) in [5.41, 5.74) is 5.14. The van der Waals surface area contributed by atoms with Gasteiger partial charge in [0.05, 0.1) is 6.54 Å². The summed E-state index contributed by atoms with van der Waals surface area (Å²) in [7, 11) is 0. The Morgan fingerprint density at radius 2 is 1.56 bits per heavy atom. The van der Waals surface area contributed by atoms with E-state index in [4.69, 9.17) is 15.9 Å². The Hall–Kier alpha value is -2.34. The maximum Gasteiger partial charge on any atom is 0.325 e. The van der Waals surface area contributed by atoms with Gasteiger partial charge in [0.1, 0.15) is 18.1 Å². The number of carboxylic acid groups (broad SMARTS) is 2. The van der Waals surface area contributed by atoms with Gasteiger partial charge in [-0.25, -0.2) is 0 Å². The minimum absolute atomic E-state index is 0.0869. The van der Waals surface area contributed by atoms with E-state index in [2.05, 4.69) is 28.6 Å². The Bertz CT molecular complexity index is 529. The van der Waals surface area contributed by atoms with Crippen molar-refractivity contribution in [2.24, 2.45) is 5.73 Å². The van der Waals surface area contributed by atoms with Gasteiger partial charge in [0.15, 0.2) is 0 Å². The van der Waals surface area contributed by atoms with E-state index in [0.29, 0.717) is 0 Å². The Morgan fingerprint density at radius 1 is 1.00 bits per heavy atom. The molecular formula is C13H22N4O7S. The topological polar surface area (TPSA) is 188 Å². The molecule has 25 heavy (non-hydrogen) atoms. The van der Waals surface area contributed by atoms with Crippen molar-refractivity contribution >= 4 is 42.3 Å². The van der Waals surface area contributed by atoms with Crippen LogP contribution in [0.1, 0.15) is 19.8 Å². The number of carbonyl (C=O) groups is 5. The molecule has 0 aliphatic rings. The fourth-order valence-corrected chi connectivity index (χ4v) is 1.89. The van der Waals surface area contributed by atoms with Crippen LogP contribution in [0.5, 0.6) is 0 Å². The van der Waals surface area contributed by atoms with E-state index < -0.39 is 54.2 Å². The van der Waals surface area contributed by atoms with Crippen molar-refractivity contribution in [1.29, 1.82) is 0 Å². The lowest BCUT2D eigenvalue weighted by atomic mass is 10.1. The zero-order chi connectivity index (χ0) is 19.6. The van der Waals surface area contributed by atoms with Crippen molar-refractivity contribution in [2.45, 2.75) is 37.9 Å². The minimum Gasteiger partial charge on any atom is -0.481 e. The average Bonchev–Trinajstić information content (AvgIpc) is 2.55. The molecule has 3 unspecified atom stereocenters. The number of hydrogen-bond acceptors (Lipinski definition) is 7. The van der Waals surface area contributed by atoms with Crippen LogP contribution in [0.3, 0.4) is 0 Å². The first-order chi connectivity index (χ1) is 11.6. The molecule has 0 heterocycles. The molecule has 12 heteroatoms. The van der Waals surface area contributed by atoms with Crippen LogP contribution in [0.25, 0.3) is 0 Å². The number of rotatable bonds is 11. The predicted octanol–water partition coefficient (Wildman–Crippen LogP) is -2.70. The molecular weight excluding hydrogens is 356 g/mol. The smallest absolute Gasteiger partial charge is 0.325 e. The third-order valence-electron chi connectivity index (χ3n) is 3.03. The summed E-state index contributed by atoms with van der Waals surface area (Å²) in [6, 6.07) is -3.60. The lowest BCUT2D eigenvalue weighted by Crippen LogP contribution is -2.56. The highest BCUT2D eigenvalue weighted by atomic mass is 32.1. The molecule has 0 radical (unpaired) electrons. The minimum atomic E-state index is -1.29. The molecule has 3 atom stereocenters. The molecule has 0 aliphatic heterocycles. The van der Waals surface area contributed by atoms with Crippen molar-refractivity contribution in [3.63, 3.8) is 0 Å². The summed E-state index contributed by atoms with van der Waals surface area (Å²) < 4.78 is 0. The number of hydrogen-bond donors (Lipinski definition) is 7. The second kappa shape index (κ2) is 11.3. The molecule has 0 aliphatic carbocycles. The van der Waals surface area contributed by atoms with Crippen LogP contribution in [-0.2, 0) is 24.0 Å². The molecule has 0 aromatic carbocycles. The van der Waals surface area contributed by atoms with Crippen LogP contribution in [0.15, 0.2) is 0 Å². The number of carboxylic acids is 2. The number of aliphatic carboxylic acids is 2. The molecule has 0 saturated heterocycles. The normalized spacial score (nSPS) is 13.9. The van der Waals surface area contributed by atoms with Gasteiger partial charge in [-0.2, -0.15) is 12.6 Å². The summed E-state index contributed by atoms with van der Waals surface area (Å²) in [6.07, 6.45) is -0.691. The monoisotopic (exact) mass is 378 g/mol. The highest BCUT2D eigenvalue weighted by Crippen LogP contribution is 2.01. The van der Waals surface area contributed by atoms with Crippen molar-refractivity contribution in [1.82, 2.24) is 16.0 Å². The van der Waals surface area contributed by atoms with E-state index in [1.54, 1.807) is 0 Å². The van der Waals surface area contributed by atoms with E-state index in [0.717, 1.165) is 0 Å². The SMILES string of the molecule is CC(NC(=O)C(CCC(=O)O)NC(=O)C(CS)NC(=O)CN)C(=O)O. The first-order valence-corrected chi connectivity index (χ1v) is 7.91. The maximum absolute atomic E-state index is 12.1. The Morgan fingerprint density at radius 3 is 2.00 bits per heavy atom. The molecule has 0 fully saturated rings. The van der Waals surface area contributed by atoms with E-state index in [1.807, 2.05) is 0 Å². The second-order valence-corrected chi connectivity index (χ2v) is 5.43. The fourth-order valence-electron chi connectivity index (χ4n) is 1.63. The predicted molar refractivity (Wildman–Crippen MR) is 88.9 cm³/mol. The number of carbonyl (C=O) groups excluding carboxylic acids is 3. The van der Waals surface area contributed by atoms with E-state index in [-0.39, 0.29) is 18.7 Å². The number of amides is 3. The molecule has 0 saturated carbocycles. The van der Waals surface area contributed by atoms with Crippen LogP contribution in [0, 0.1) is 0 Å². The molecule has 3 amide bonds. The summed E-state index contributed by atoms with van der Waals surface area (Å²) in [6.45, 7) is 0.866. The zero-order valence-corrected chi connectivity index (χ0v) is 14.4. The van der Waals surface area contributed by atoms with E-state index in [9.17, 15) is 24.0 Å². The van der Waals surface area contributed by atoms with Crippen molar-refractivity contribution in [2.75, 3.05) is 12.3 Å². The fraction of sp³-hybridized carbons (Fsp3) is 0.615. The summed E-state index contributed by atoms with van der Waals surface area (Å²) >= 11 is 3.92. The van der Waals surface area contributed by atoms with Crippen LogP contribution in [0.4, 0.5) is 0 Å². The first kappa shape index (κ1) is 22.7. The van der Waals surface area contributed by atoms with Crippen LogP contribution >= 0.6 is 12.6 Å². The van der Waals surface area contributed by atoms with Crippen LogP contribution in [-0.4, -0.2) is 70.3 Å². The Kier molecular flexibility index (Phi) is 10.2. The highest BCUT2D eigenvalue weighted by Gasteiger charge is 2.28. The van der Waals surface area contributed by atoms with Gasteiger partial charge in [-0.3, -0.25) is 24.0 Å². The zero-order valence-electron chi connectivity index (χ0n) is 13.5. The molecule has 0 rings (SSSR count). The van der Waals surface area contributed by atoms with Gasteiger partial charge < -0.3 is 31.9 Å². The van der Waals surface area contributed by atoms with Gasteiger partial charge in [-0.05, 0) is 13.3 Å². The standard InChI is InChI=1S/C13H22N4O7S/c1-6(13(23)24)15-11(21)7(2-3-10(19)20)17-12(22)8(5-25)16-9(18)4-14/h6-8,25H,2-5,14H2,1H3,(H,15,21)(H,16,18)(H,17,22)(H,19,20)(H,23,24). The number of thiol groups is 1. The second-order valence-electron chi connectivity index (χ2n) is 5.07. The van der Waals surface area contributed by atoms with Gasteiger partial charge in [0, 0.05) is 12.2 Å². The summed E-state index contributed by atoms with van der Waals surface area (Å²) in [5.74, 6) is -4.81. The third-order valence-corrected chi connectivity index (χ3v) is 3.39. The van der Waals surface area contributed by atoms with E-state index >= 15 is 0 Å². The largest absolute Gasteiger partial charge is 0.481 e. The number of nitrogens with one attached hydrogen (secondary N) is 3. The Labute approximate surface area is 149 Å². The van der Waals surface area contributed by atoms with Gasteiger partial charge in [-0.1, -0.05) is 0 Å². The molecule has 0 bridgehead atoms. The Balaban J connectivity index is 5.04. The van der Waals surface area contributed by atoms with Gasteiger partial charge in [0.2, 0.25) is 17.7 Å². The molecule has 11 nitrogen and oxygen atoms in total. The summed E-state index contributed by atoms with van der Waals surface area (Å²) in [4.78, 5) is 57.0. The van der Waals surface area contributed by atoms with Gasteiger partial charge >= 0.3 is 11.9 Å². The van der Waals surface area contributed by atoms with Gasteiger partial charge in [0.25, 0.3) is 0 Å². The first-order valence-electron chi connectivity index (χ1n) is 7.28. The molecule has 0 spiro atoms. The molecule has 142 valence electrons. The van der Waals surface area contributed by atoms with Crippen LogP contribution in [0.2, 0.25) is 0 Å². The third kappa shape index (κ3) is 8.91. The lowest BCUT2D eigenvalue weighted by Gasteiger charge is -2.22. The molecule has 7 N–H and O–H groups in total. The highest BCUT2D eigenvalue weighted by molar-refractivity contribution is 7.80.